The van der Waals surface area contributed by atoms with Gasteiger partial charge in [0, 0.05) is 12.1 Å². The fourth-order valence-corrected chi connectivity index (χ4v) is 3.87. The summed E-state index contributed by atoms with van der Waals surface area (Å²) in [7, 11) is 0. The lowest BCUT2D eigenvalue weighted by atomic mass is 9.91. The maximum atomic E-state index is 13.5. The molecule has 28 heavy (non-hydrogen) atoms. The molecule has 2 heterocycles. The number of nitrogens with one attached hydrogen (secondary N) is 1. The lowest BCUT2D eigenvalue weighted by Gasteiger charge is -2.22. The van der Waals surface area contributed by atoms with Crippen molar-refractivity contribution in [3.63, 3.8) is 0 Å². The Bertz CT molecular complexity index is 941. The van der Waals surface area contributed by atoms with Gasteiger partial charge in [-0.05, 0) is 24.0 Å². The van der Waals surface area contributed by atoms with Crippen molar-refractivity contribution in [2.45, 2.75) is 32.4 Å². The number of anilines is 1. The van der Waals surface area contributed by atoms with Gasteiger partial charge in [-0.3, -0.25) is 14.5 Å². The molecule has 2 aliphatic heterocycles. The standard InChI is InChI=1S/C22H23N3O3/c1-15(2)12-13-24-19(26)22(23-21(24)28)17-10-6-7-11-18(17)25(20(22)27)14-16-8-4-3-5-9-16/h3-11,15H,12-14H2,1-2H3,(H,23,28). The third kappa shape index (κ3) is 2.68. The largest absolute Gasteiger partial charge is 0.325 e. The van der Waals surface area contributed by atoms with Gasteiger partial charge >= 0.3 is 6.03 Å². The van der Waals surface area contributed by atoms with Crippen molar-refractivity contribution in [3.05, 3.63) is 65.7 Å². The van der Waals surface area contributed by atoms with Gasteiger partial charge in [0.25, 0.3) is 11.8 Å². The second-order valence-electron chi connectivity index (χ2n) is 7.71. The molecule has 1 atom stereocenters. The van der Waals surface area contributed by atoms with Crippen LogP contribution in [0.2, 0.25) is 0 Å². The summed E-state index contributed by atoms with van der Waals surface area (Å²) < 4.78 is 0. The number of fused-ring (bicyclic) bond motifs is 2. The smallest absolute Gasteiger partial charge is 0.311 e. The van der Waals surface area contributed by atoms with Crippen LogP contribution in [-0.4, -0.2) is 29.3 Å². The first-order chi connectivity index (χ1) is 13.4. The molecule has 1 saturated heterocycles. The van der Waals surface area contributed by atoms with E-state index in [0.29, 0.717) is 36.7 Å². The maximum absolute atomic E-state index is 13.5. The summed E-state index contributed by atoms with van der Waals surface area (Å²) in [6, 6.07) is 16.3. The van der Waals surface area contributed by atoms with Gasteiger partial charge < -0.3 is 10.2 Å². The summed E-state index contributed by atoms with van der Waals surface area (Å²) in [6.45, 7) is 4.71. The van der Waals surface area contributed by atoms with Crippen LogP contribution in [-0.2, 0) is 21.7 Å². The zero-order valence-electron chi connectivity index (χ0n) is 16.0. The Balaban J connectivity index is 1.73. The molecule has 6 nitrogen and oxygen atoms in total. The molecule has 0 radical (unpaired) electrons. The molecule has 0 bridgehead atoms. The monoisotopic (exact) mass is 377 g/mol. The summed E-state index contributed by atoms with van der Waals surface area (Å²) >= 11 is 0. The molecule has 0 saturated carbocycles. The number of amides is 4. The molecule has 4 amide bonds. The van der Waals surface area contributed by atoms with Crippen LogP contribution in [0.1, 0.15) is 31.4 Å². The zero-order valence-corrected chi connectivity index (χ0v) is 16.0. The van der Waals surface area contributed by atoms with Gasteiger partial charge in [0.05, 0.1) is 12.2 Å². The average Bonchev–Trinajstić information content (AvgIpc) is 3.08. The molecule has 4 rings (SSSR count). The molecule has 1 N–H and O–H groups in total. The number of carbonyl (C=O) groups excluding carboxylic acids is 3. The van der Waals surface area contributed by atoms with E-state index in [9.17, 15) is 14.4 Å². The summed E-state index contributed by atoms with van der Waals surface area (Å²) in [5.74, 6) is -0.535. The molecule has 1 unspecified atom stereocenters. The predicted octanol–water partition coefficient (Wildman–Crippen LogP) is 3.03. The van der Waals surface area contributed by atoms with Gasteiger partial charge in [-0.1, -0.05) is 62.4 Å². The normalized spacial score (nSPS) is 21.0. The molecule has 1 spiro atoms. The van der Waals surface area contributed by atoms with Crippen LogP contribution in [0.5, 0.6) is 0 Å². The minimum absolute atomic E-state index is 0.304. The van der Waals surface area contributed by atoms with Crippen molar-refractivity contribution < 1.29 is 14.4 Å². The van der Waals surface area contributed by atoms with Gasteiger partial charge in [-0.2, -0.15) is 0 Å². The minimum Gasteiger partial charge on any atom is -0.311 e. The Kier molecular flexibility index (Phi) is 4.41. The Morgan fingerprint density at radius 3 is 2.25 bits per heavy atom. The summed E-state index contributed by atoms with van der Waals surface area (Å²) in [4.78, 5) is 42.2. The van der Waals surface area contributed by atoms with E-state index in [1.807, 2.05) is 56.3 Å². The Hall–Kier alpha value is -3.15. The molecule has 6 heteroatoms. The Morgan fingerprint density at radius 1 is 0.893 bits per heavy atom. The first-order valence-electron chi connectivity index (χ1n) is 9.54. The highest BCUT2D eigenvalue weighted by Crippen LogP contribution is 2.44. The quantitative estimate of drug-likeness (QED) is 0.643. The maximum Gasteiger partial charge on any atom is 0.325 e. The molecule has 2 aromatic carbocycles. The fraction of sp³-hybridized carbons (Fsp3) is 0.318. The topological polar surface area (TPSA) is 69.7 Å². The van der Waals surface area contributed by atoms with Crippen molar-refractivity contribution in [1.29, 1.82) is 0 Å². The number of benzene rings is 2. The van der Waals surface area contributed by atoms with Crippen LogP contribution < -0.4 is 10.2 Å². The van der Waals surface area contributed by atoms with Crippen molar-refractivity contribution >= 4 is 23.5 Å². The molecular weight excluding hydrogens is 354 g/mol. The second kappa shape index (κ2) is 6.78. The van der Waals surface area contributed by atoms with Crippen LogP contribution in [0.15, 0.2) is 54.6 Å². The first-order valence-corrected chi connectivity index (χ1v) is 9.54. The number of hydrogen-bond acceptors (Lipinski definition) is 3. The van der Waals surface area contributed by atoms with Crippen LogP contribution >= 0.6 is 0 Å². The molecular formula is C22H23N3O3. The van der Waals surface area contributed by atoms with Gasteiger partial charge in [0.2, 0.25) is 5.54 Å². The van der Waals surface area contributed by atoms with Gasteiger partial charge in [0.1, 0.15) is 0 Å². The SMILES string of the molecule is CC(C)CCN1C(=O)NC2(C1=O)C(=O)N(Cc1ccccc1)c1ccccc12. The lowest BCUT2D eigenvalue weighted by Crippen LogP contribution is -2.52. The number of carbonyl (C=O) groups is 3. The number of urea groups is 1. The number of para-hydroxylation sites is 1. The molecule has 2 aromatic rings. The second-order valence-corrected chi connectivity index (χ2v) is 7.71. The highest BCUT2D eigenvalue weighted by molar-refractivity contribution is 6.27. The van der Waals surface area contributed by atoms with Crippen LogP contribution in [0, 0.1) is 5.92 Å². The van der Waals surface area contributed by atoms with Crippen LogP contribution in [0.4, 0.5) is 10.5 Å². The van der Waals surface area contributed by atoms with Crippen LogP contribution in [0.25, 0.3) is 0 Å². The Labute approximate surface area is 164 Å². The summed E-state index contributed by atoms with van der Waals surface area (Å²) in [5.41, 5.74) is 0.507. The third-order valence-corrected chi connectivity index (χ3v) is 5.38. The van der Waals surface area contributed by atoms with Crippen molar-refractivity contribution in [3.8, 4) is 0 Å². The predicted molar refractivity (Wildman–Crippen MR) is 105 cm³/mol. The van der Waals surface area contributed by atoms with E-state index in [-0.39, 0.29) is 0 Å². The lowest BCUT2D eigenvalue weighted by molar-refractivity contribution is -0.138. The van der Waals surface area contributed by atoms with Crippen molar-refractivity contribution in [2.75, 3.05) is 11.4 Å². The molecule has 0 aliphatic carbocycles. The molecule has 144 valence electrons. The van der Waals surface area contributed by atoms with Crippen molar-refractivity contribution in [2.24, 2.45) is 5.92 Å². The van der Waals surface area contributed by atoms with E-state index >= 15 is 0 Å². The number of imide groups is 1. The van der Waals surface area contributed by atoms with E-state index in [1.165, 1.54) is 4.90 Å². The van der Waals surface area contributed by atoms with Gasteiger partial charge in [0.15, 0.2) is 0 Å². The van der Waals surface area contributed by atoms with E-state index in [0.717, 1.165) is 5.56 Å². The van der Waals surface area contributed by atoms with Gasteiger partial charge in [-0.15, -0.1) is 0 Å². The zero-order chi connectivity index (χ0) is 19.9. The van der Waals surface area contributed by atoms with E-state index in [2.05, 4.69) is 5.32 Å². The molecule has 2 aliphatic rings. The first kappa shape index (κ1) is 18.2. The van der Waals surface area contributed by atoms with E-state index < -0.39 is 23.4 Å². The van der Waals surface area contributed by atoms with Gasteiger partial charge in [-0.25, -0.2) is 4.79 Å². The number of hydrogen-bond donors (Lipinski definition) is 1. The van der Waals surface area contributed by atoms with E-state index in [4.69, 9.17) is 0 Å². The highest BCUT2D eigenvalue weighted by Gasteiger charge is 2.63. The number of nitrogens with zero attached hydrogens (tertiary/aromatic N) is 2. The van der Waals surface area contributed by atoms with Crippen molar-refractivity contribution in [1.82, 2.24) is 10.2 Å². The summed E-state index contributed by atoms with van der Waals surface area (Å²) in [6.07, 6.45) is 0.693. The minimum atomic E-state index is -1.65. The molecule has 1 fully saturated rings. The average molecular weight is 377 g/mol. The Morgan fingerprint density at radius 2 is 1.54 bits per heavy atom. The fourth-order valence-electron chi connectivity index (χ4n) is 3.87. The molecule has 0 aromatic heterocycles. The third-order valence-electron chi connectivity index (χ3n) is 5.38. The van der Waals surface area contributed by atoms with E-state index in [1.54, 1.807) is 17.0 Å². The van der Waals surface area contributed by atoms with Crippen LogP contribution in [0.3, 0.4) is 0 Å². The number of rotatable bonds is 5. The summed E-state index contributed by atoms with van der Waals surface area (Å²) in [5, 5.41) is 2.72. The highest BCUT2D eigenvalue weighted by atomic mass is 16.2.